The van der Waals surface area contributed by atoms with E-state index in [1.807, 2.05) is 0 Å². The van der Waals surface area contributed by atoms with E-state index in [9.17, 15) is 0 Å². The summed E-state index contributed by atoms with van der Waals surface area (Å²) in [6, 6.07) is 0. The molecule has 0 N–H and O–H groups in total. The van der Waals surface area contributed by atoms with Crippen LogP contribution in [0.4, 0.5) is 0 Å². The monoisotopic (exact) mass is 98.1 g/mol. The first kappa shape index (κ1) is 3.90. The summed E-state index contributed by atoms with van der Waals surface area (Å²) in [6.45, 7) is 2.21. The molecule has 2 aliphatic rings. The van der Waals surface area contributed by atoms with E-state index in [4.69, 9.17) is 4.74 Å². The molecule has 1 heterocycles. The molecule has 1 heteroatoms. The maximum Gasteiger partial charge on any atom is 0.0946 e. The Kier molecular flexibility index (Phi) is 0.487. The van der Waals surface area contributed by atoms with Crippen LogP contribution in [0.5, 0.6) is 0 Å². The molecule has 2 unspecified atom stereocenters. The first-order valence-electron chi connectivity index (χ1n) is 3.05. The van der Waals surface area contributed by atoms with Gasteiger partial charge in [0.05, 0.1) is 11.7 Å². The maximum atomic E-state index is 5.36. The summed E-state index contributed by atoms with van der Waals surface area (Å²) >= 11 is 0. The van der Waals surface area contributed by atoms with E-state index in [0.29, 0.717) is 11.7 Å². The standard InChI is InChI=1S/C6H10O/c1-2-6-4-3-5(6)7-6/h5H,2-4H2,1H3. The normalized spacial score (nSPS) is 55.3. The SMILES string of the molecule is CCC12CCC1O2. The van der Waals surface area contributed by atoms with Gasteiger partial charge in [0.25, 0.3) is 0 Å². The summed E-state index contributed by atoms with van der Waals surface area (Å²) in [5, 5.41) is 0. The zero-order valence-corrected chi connectivity index (χ0v) is 4.61. The van der Waals surface area contributed by atoms with Crippen molar-refractivity contribution >= 4 is 0 Å². The van der Waals surface area contributed by atoms with Gasteiger partial charge in [-0.25, -0.2) is 0 Å². The summed E-state index contributed by atoms with van der Waals surface area (Å²) in [5.41, 5.74) is 0.431. The fraction of sp³-hybridized carbons (Fsp3) is 1.00. The molecule has 0 aromatic rings. The van der Waals surface area contributed by atoms with Gasteiger partial charge in [-0.2, -0.15) is 0 Å². The summed E-state index contributed by atoms with van der Waals surface area (Å²) in [7, 11) is 0. The highest BCUT2D eigenvalue weighted by atomic mass is 16.6. The van der Waals surface area contributed by atoms with Crippen molar-refractivity contribution in [3.05, 3.63) is 0 Å². The summed E-state index contributed by atoms with van der Waals surface area (Å²) in [5.74, 6) is 0. The van der Waals surface area contributed by atoms with Crippen molar-refractivity contribution in [3.8, 4) is 0 Å². The van der Waals surface area contributed by atoms with Gasteiger partial charge in [0.1, 0.15) is 0 Å². The minimum absolute atomic E-state index is 0.431. The van der Waals surface area contributed by atoms with Crippen LogP contribution in [0.15, 0.2) is 0 Å². The van der Waals surface area contributed by atoms with Crippen molar-refractivity contribution < 1.29 is 4.74 Å². The Balaban J connectivity index is 2.06. The van der Waals surface area contributed by atoms with Crippen molar-refractivity contribution in [2.45, 2.75) is 37.9 Å². The summed E-state index contributed by atoms with van der Waals surface area (Å²) in [4.78, 5) is 0. The number of hydrogen-bond acceptors (Lipinski definition) is 1. The lowest BCUT2D eigenvalue weighted by atomic mass is 9.83. The maximum absolute atomic E-state index is 5.36. The van der Waals surface area contributed by atoms with E-state index in [0.717, 1.165) is 0 Å². The van der Waals surface area contributed by atoms with E-state index >= 15 is 0 Å². The molecule has 2 rings (SSSR count). The largest absolute Gasteiger partial charge is 0.366 e. The van der Waals surface area contributed by atoms with Crippen molar-refractivity contribution in [2.75, 3.05) is 0 Å². The van der Waals surface area contributed by atoms with Gasteiger partial charge in [-0.05, 0) is 19.3 Å². The molecule has 7 heavy (non-hydrogen) atoms. The van der Waals surface area contributed by atoms with Crippen molar-refractivity contribution in [3.63, 3.8) is 0 Å². The van der Waals surface area contributed by atoms with E-state index in [2.05, 4.69) is 6.92 Å². The highest BCUT2D eigenvalue weighted by Gasteiger charge is 2.62. The predicted molar refractivity (Wildman–Crippen MR) is 27.1 cm³/mol. The molecule has 1 saturated carbocycles. The third kappa shape index (κ3) is 0.290. The van der Waals surface area contributed by atoms with Crippen LogP contribution in [0.25, 0.3) is 0 Å². The lowest BCUT2D eigenvalue weighted by Crippen LogP contribution is -2.23. The molecule has 1 nitrogen and oxygen atoms in total. The van der Waals surface area contributed by atoms with Gasteiger partial charge < -0.3 is 4.74 Å². The van der Waals surface area contributed by atoms with Crippen LogP contribution in [-0.4, -0.2) is 11.7 Å². The summed E-state index contributed by atoms with van der Waals surface area (Å²) < 4.78 is 5.36. The van der Waals surface area contributed by atoms with Crippen LogP contribution in [0.1, 0.15) is 26.2 Å². The van der Waals surface area contributed by atoms with Crippen molar-refractivity contribution in [1.29, 1.82) is 0 Å². The Labute approximate surface area is 43.7 Å². The topological polar surface area (TPSA) is 12.5 Å². The predicted octanol–water partition coefficient (Wildman–Crippen LogP) is 1.33. The van der Waals surface area contributed by atoms with Crippen LogP contribution in [0, 0.1) is 0 Å². The molecular formula is C6H10O. The third-order valence-corrected chi connectivity index (χ3v) is 2.33. The Morgan fingerprint density at radius 3 is 2.71 bits per heavy atom. The van der Waals surface area contributed by atoms with E-state index in [1.54, 1.807) is 0 Å². The van der Waals surface area contributed by atoms with Crippen molar-refractivity contribution in [2.24, 2.45) is 0 Å². The molecule has 0 amide bonds. The average Bonchev–Trinajstić information content (AvgIpc) is 2.12. The molecular weight excluding hydrogens is 88.1 g/mol. The first-order valence-corrected chi connectivity index (χ1v) is 3.05. The third-order valence-electron chi connectivity index (χ3n) is 2.33. The second-order valence-corrected chi connectivity index (χ2v) is 2.56. The molecule has 1 saturated heterocycles. The van der Waals surface area contributed by atoms with Gasteiger partial charge in [-0.3, -0.25) is 0 Å². The van der Waals surface area contributed by atoms with E-state index in [-0.39, 0.29) is 0 Å². The Hall–Kier alpha value is -0.0400. The quantitative estimate of drug-likeness (QED) is 0.451. The molecule has 0 spiro atoms. The van der Waals surface area contributed by atoms with E-state index < -0.39 is 0 Å². The van der Waals surface area contributed by atoms with Crippen molar-refractivity contribution in [1.82, 2.24) is 0 Å². The minimum atomic E-state index is 0.431. The van der Waals surface area contributed by atoms with Gasteiger partial charge in [0.2, 0.25) is 0 Å². The molecule has 2 fully saturated rings. The molecule has 40 valence electrons. The molecule has 2 atom stereocenters. The second-order valence-electron chi connectivity index (χ2n) is 2.56. The minimum Gasteiger partial charge on any atom is -0.366 e. The number of rotatable bonds is 1. The average molecular weight is 98.1 g/mol. The van der Waals surface area contributed by atoms with Crippen LogP contribution in [0.2, 0.25) is 0 Å². The Morgan fingerprint density at radius 2 is 2.71 bits per heavy atom. The molecule has 1 aliphatic carbocycles. The Morgan fingerprint density at radius 1 is 1.86 bits per heavy atom. The smallest absolute Gasteiger partial charge is 0.0946 e. The molecule has 0 bridgehead atoms. The highest BCUT2D eigenvalue weighted by molar-refractivity contribution is 5.10. The number of epoxide rings is 1. The van der Waals surface area contributed by atoms with Gasteiger partial charge in [0, 0.05) is 0 Å². The van der Waals surface area contributed by atoms with Gasteiger partial charge in [-0.1, -0.05) is 6.92 Å². The molecule has 1 aliphatic heterocycles. The van der Waals surface area contributed by atoms with E-state index in [1.165, 1.54) is 19.3 Å². The zero-order valence-electron chi connectivity index (χ0n) is 4.61. The zero-order chi connectivity index (χ0) is 4.91. The first-order chi connectivity index (χ1) is 3.37. The van der Waals surface area contributed by atoms with Crippen LogP contribution >= 0.6 is 0 Å². The fourth-order valence-electron chi connectivity index (χ4n) is 1.44. The van der Waals surface area contributed by atoms with Gasteiger partial charge in [0.15, 0.2) is 0 Å². The van der Waals surface area contributed by atoms with Crippen LogP contribution < -0.4 is 0 Å². The van der Waals surface area contributed by atoms with Gasteiger partial charge in [-0.15, -0.1) is 0 Å². The van der Waals surface area contributed by atoms with Crippen LogP contribution in [-0.2, 0) is 4.74 Å². The Bertz CT molecular complexity index is 90.8. The lowest BCUT2D eigenvalue weighted by molar-refractivity contribution is 0.305. The molecule has 0 aromatic heterocycles. The lowest BCUT2D eigenvalue weighted by Gasteiger charge is -2.15. The molecule has 0 aromatic carbocycles. The number of hydrogen-bond donors (Lipinski definition) is 0. The van der Waals surface area contributed by atoms with Gasteiger partial charge >= 0.3 is 0 Å². The second kappa shape index (κ2) is 0.873. The fourth-order valence-corrected chi connectivity index (χ4v) is 1.44. The number of fused-ring (bicyclic) bond motifs is 1. The highest BCUT2D eigenvalue weighted by Crippen LogP contribution is 2.55. The number of ether oxygens (including phenoxy) is 1. The summed E-state index contributed by atoms with van der Waals surface area (Å²) in [6.07, 6.45) is 4.58. The van der Waals surface area contributed by atoms with Crippen LogP contribution in [0.3, 0.4) is 0 Å². The molecule has 0 radical (unpaired) electrons.